The molecule has 11 nitrogen and oxygen atoms in total. The molecule has 22 heavy (non-hydrogen) atoms. The molecule has 0 amide bonds. The highest BCUT2D eigenvalue weighted by Crippen LogP contribution is 2.47. The van der Waals surface area contributed by atoms with Crippen LogP contribution in [0, 0.1) is 0 Å². The van der Waals surface area contributed by atoms with Crippen molar-refractivity contribution < 1.29 is 33.5 Å². The number of methoxy groups -OCH3 is 1. The molecule has 2 heterocycles. The number of anilines is 1. The molecule has 1 saturated heterocycles. The zero-order chi connectivity index (χ0) is 16.5. The maximum Gasteiger partial charge on any atom is 0.470 e. The van der Waals surface area contributed by atoms with Crippen molar-refractivity contribution in [2.75, 3.05) is 19.5 Å². The maximum atomic E-state index is 11.8. The highest BCUT2D eigenvalue weighted by atomic mass is 31.2. The quantitative estimate of drug-likeness (QED) is 0.467. The van der Waals surface area contributed by atoms with Crippen LogP contribution in [0.3, 0.4) is 0 Å². The zero-order valence-corrected chi connectivity index (χ0v) is 12.4. The summed E-state index contributed by atoms with van der Waals surface area (Å²) < 4.78 is 27.2. The predicted molar refractivity (Wildman–Crippen MR) is 71.4 cm³/mol. The Morgan fingerprint density at radius 2 is 2.32 bits per heavy atom. The van der Waals surface area contributed by atoms with E-state index in [9.17, 15) is 14.5 Å². The van der Waals surface area contributed by atoms with E-state index in [0.717, 1.165) is 4.57 Å². The lowest BCUT2D eigenvalue weighted by Crippen LogP contribution is -2.46. The van der Waals surface area contributed by atoms with E-state index in [1.165, 1.54) is 19.4 Å². The number of hydrogen-bond donors (Lipinski definition) is 4. The number of nitrogens with zero attached hydrogens (tertiary/aromatic N) is 2. The first-order valence-corrected chi connectivity index (χ1v) is 7.66. The molecule has 1 fully saturated rings. The summed E-state index contributed by atoms with van der Waals surface area (Å²) in [6, 6.07) is 1.36. The van der Waals surface area contributed by atoms with Crippen molar-refractivity contribution in [2.24, 2.45) is 0 Å². The van der Waals surface area contributed by atoms with Crippen LogP contribution < -0.4 is 11.4 Å². The third kappa shape index (κ3) is 3.36. The number of aromatic nitrogens is 2. The fourth-order valence-corrected chi connectivity index (χ4v) is 2.78. The van der Waals surface area contributed by atoms with Crippen LogP contribution in [-0.4, -0.2) is 50.1 Å². The summed E-state index contributed by atoms with van der Waals surface area (Å²) in [5.74, 6) is -1.80. The molecule has 0 saturated carbocycles. The molecule has 12 heteroatoms. The lowest BCUT2D eigenvalue weighted by molar-refractivity contribution is -0.267. The molecule has 1 aliphatic rings. The first-order chi connectivity index (χ1) is 10.2. The minimum Gasteiger partial charge on any atom is -0.391 e. The summed E-state index contributed by atoms with van der Waals surface area (Å²) in [4.78, 5) is 33.2. The van der Waals surface area contributed by atoms with E-state index < -0.39 is 38.2 Å². The molecule has 2 rings (SSSR count). The van der Waals surface area contributed by atoms with Gasteiger partial charge in [-0.25, -0.2) is 9.36 Å². The number of phosphoric acid groups is 1. The Kier molecular flexibility index (Phi) is 4.68. The van der Waals surface area contributed by atoms with Gasteiger partial charge in [0.25, 0.3) is 0 Å². The normalized spacial score (nSPS) is 28.9. The van der Waals surface area contributed by atoms with Crippen LogP contribution in [0.2, 0.25) is 0 Å². The second-order valence-electron chi connectivity index (χ2n) is 4.61. The van der Waals surface area contributed by atoms with E-state index in [-0.39, 0.29) is 12.2 Å². The largest absolute Gasteiger partial charge is 0.470 e. The number of rotatable bonds is 5. The van der Waals surface area contributed by atoms with Crippen molar-refractivity contribution in [3.8, 4) is 0 Å². The van der Waals surface area contributed by atoms with E-state index in [4.69, 9.17) is 25.0 Å². The molecule has 0 aromatic carbocycles. The van der Waals surface area contributed by atoms with Gasteiger partial charge in [0, 0.05) is 19.7 Å². The van der Waals surface area contributed by atoms with E-state index in [1.807, 2.05) is 0 Å². The molecule has 0 unspecified atom stereocenters. The van der Waals surface area contributed by atoms with Gasteiger partial charge in [-0.2, -0.15) is 4.98 Å². The Hall–Kier alpha value is -1.33. The monoisotopic (exact) mass is 337 g/mol. The Labute approximate surface area is 124 Å². The van der Waals surface area contributed by atoms with E-state index in [0.29, 0.717) is 0 Å². The van der Waals surface area contributed by atoms with Crippen molar-refractivity contribution in [3.63, 3.8) is 0 Å². The van der Waals surface area contributed by atoms with Gasteiger partial charge in [0.15, 0.2) is 0 Å². The zero-order valence-electron chi connectivity index (χ0n) is 11.5. The van der Waals surface area contributed by atoms with Crippen LogP contribution in [0.15, 0.2) is 17.1 Å². The fourth-order valence-electron chi connectivity index (χ4n) is 2.20. The van der Waals surface area contributed by atoms with E-state index in [2.05, 4.69) is 9.51 Å². The van der Waals surface area contributed by atoms with Gasteiger partial charge in [-0.3, -0.25) is 9.09 Å². The van der Waals surface area contributed by atoms with Crippen molar-refractivity contribution >= 4 is 13.6 Å². The average molecular weight is 337 g/mol. The maximum absolute atomic E-state index is 11.8. The van der Waals surface area contributed by atoms with Gasteiger partial charge in [0.05, 0.1) is 6.61 Å². The van der Waals surface area contributed by atoms with Crippen LogP contribution in [0.1, 0.15) is 12.6 Å². The topological polar surface area (TPSA) is 166 Å². The van der Waals surface area contributed by atoms with Crippen LogP contribution in [0.5, 0.6) is 0 Å². The first-order valence-electron chi connectivity index (χ1n) is 6.13. The fraction of sp³-hybridized carbons (Fsp3) is 0.600. The van der Waals surface area contributed by atoms with Crippen molar-refractivity contribution in [1.82, 2.24) is 9.55 Å². The first kappa shape index (κ1) is 17.0. The molecule has 5 N–H and O–H groups in total. The van der Waals surface area contributed by atoms with Crippen molar-refractivity contribution in [1.29, 1.82) is 0 Å². The van der Waals surface area contributed by atoms with Gasteiger partial charge in [0.1, 0.15) is 18.1 Å². The van der Waals surface area contributed by atoms with Crippen molar-refractivity contribution in [3.05, 3.63) is 22.7 Å². The Bertz CT molecular complexity index is 639. The number of aliphatic hydroxyl groups excluding tert-OH is 1. The van der Waals surface area contributed by atoms with E-state index in [1.54, 1.807) is 0 Å². The van der Waals surface area contributed by atoms with Gasteiger partial charge >= 0.3 is 13.5 Å². The molecule has 0 spiro atoms. The minimum atomic E-state index is -4.85. The molecule has 1 aromatic heterocycles. The summed E-state index contributed by atoms with van der Waals surface area (Å²) >= 11 is 0. The van der Waals surface area contributed by atoms with Gasteiger partial charge in [-0.05, 0) is 6.07 Å². The summed E-state index contributed by atoms with van der Waals surface area (Å²) in [6.45, 7) is -0.734. The number of phosphoric ester groups is 1. The molecule has 0 radical (unpaired) electrons. The summed E-state index contributed by atoms with van der Waals surface area (Å²) in [5, 5.41) is 9.46. The molecule has 124 valence electrons. The molecular weight excluding hydrogens is 321 g/mol. The van der Waals surface area contributed by atoms with Crippen molar-refractivity contribution in [2.45, 2.75) is 24.5 Å². The minimum absolute atomic E-state index is 0.0161. The summed E-state index contributed by atoms with van der Waals surface area (Å²) in [5.41, 5.74) is 4.67. The third-order valence-electron chi connectivity index (χ3n) is 3.23. The number of nitrogen functional groups attached to an aromatic ring is 1. The van der Waals surface area contributed by atoms with Crippen LogP contribution in [0.25, 0.3) is 0 Å². The molecule has 0 bridgehead atoms. The highest BCUT2D eigenvalue weighted by molar-refractivity contribution is 7.46. The number of ether oxygens (including phenoxy) is 2. The Balaban J connectivity index is 2.34. The molecular formula is C10H16N3O8P. The molecule has 1 aliphatic heterocycles. The second kappa shape index (κ2) is 6.05. The predicted octanol–water partition coefficient (Wildman–Crippen LogP) is -1.44. The second-order valence-corrected chi connectivity index (χ2v) is 5.80. The van der Waals surface area contributed by atoms with Gasteiger partial charge in [-0.15, -0.1) is 0 Å². The molecule has 0 aliphatic carbocycles. The lowest BCUT2D eigenvalue weighted by Gasteiger charge is -2.30. The smallest absolute Gasteiger partial charge is 0.391 e. The summed E-state index contributed by atoms with van der Waals surface area (Å²) in [6.07, 6.45) is -1.13. The van der Waals surface area contributed by atoms with Crippen LogP contribution >= 0.6 is 7.82 Å². The van der Waals surface area contributed by atoms with Crippen LogP contribution in [-0.2, 0) is 18.6 Å². The number of hydrogen-bond acceptors (Lipinski definition) is 8. The molecule has 1 aromatic rings. The van der Waals surface area contributed by atoms with E-state index >= 15 is 0 Å². The SMILES string of the molecule is CO[C@]1(CO)O[C@@H](n2ccc(N)nc2=O)C[C@@H]1OP(=O)(O)O. The highest BCUT2D eigenvalue weighted by Gasteiger charge is 2.53. The number of aliphatic hydroxyl groups is 1. The van der Waals surface area contributed by atoms with Gasteiger partial charge in [0.2, 0.25) is 5.79 Å². The summed E-state index contributed by atoms with van der Waals surface area (Å²) in [7, 11) is -3.67. The Morgan fingerprint density at radius 3 is 2.82 bits per heavy atom. The standard InChI is InChI=1S/C10H16N3O8P/c1-19-10(5-14)6(21-22(16,17)18)4-8(20-10)13-3-2-7(11)12-9(13)15/h2-3,6,8,14H,4-5H2,1H3,(H2,11,12,15)(H2,16,17,18)/t6-,8+,10+/m0/s1. The van der Waals surface area contributed by atoms with Gasteiger partial charge < -0.3 is 30.1 Å². The Morgan fingerprint density at radius 1 is 1.64 bits per heavy atom. The number of nitrogens with two attached hydrogens (primary N) is 1. The van der Waals surface area contributed by atoms with Crippen LogP contribution in [0.4, 0.5) is 5.82 Å². The average Bonchev–Trinajstić information content (AvgIpc) is 2.75. The van der Waals surface area contributed by atoms with Gasteiger partial charge in [-0.1, -0.05) is 0 Å². The lowest BCUT2D eigenvalue weighted by atomic mass is 10.1. The third-order valence-corrected chi connectivity index (χ3v) is 3.76. The molecule has 3 atom stereocenters.